The van der Waals surface area contributed by atoms with Crippen LogP contribution in [0.1, 0.15) is 11.4 Å². The number of anilines is 2. The number of fused-ring (bicyclic) bond motifs is 2. The molecule has 1 saturated heterocycles. The van der Waals surface area contributed by atoms with Crippen LogP contribution in [0.5, 0.6) is 0 Å². The molecule has 14 heteroatoms. The van der Waals surface area contributed by atoms with Gasteiger partial charge in [0.25, 0.3) is 0 Å². The van der Waals surface area contributed by atoms with Crippen molar-refractivity contribution in [2.24, 2.45) is 0 Å². The van der Waals surface area contributed by atoms with Gasteiger partial charge in [0, 0.05) is 18.7 Å². The van der Waals surface area contributed by atoms with Crippen LogP contribution in [0.3, 0.4) is 0 Å². The first-order valence-electron chi connectivity index (χ1n) is 9.99. The zero-order valence-corrected chi connectivity index (χ0v) is 17.0. The zero-order valence-electron chi connectivity index (χ0n) is 17.0. The lowest BCUT2D eigenvalue weighted by molar-refractivity contribution is -0.127. The van der Waals surface area contributed by atoms with Gasteiger partial charge in [-0.15, -0.1) is 0 Å². The summed E-state index contributed by atoms with van der Waals surface area (Å²) in [7, 11) is 0. The molecule has 0 radical (unpaired) electrons. The highest BCUT2D eigenvalue weighted by atomic mass is 19.4. The van der Waals surface area contributed by atoms with Crippen molar-refractivity contribution in [1.29, 1.82) is 0 Å². The van der Waals surface area contributed by atoms with Crippen LogP contribution in [-0.4, -0.2) is 62.0 Å². The minimum absolute atomic E-state index is 0.00112. The van der Waals surface area contributed by atoms with Crippen molar-refractivity contribution in [1.82, 2.24) is 29.5 Å². The molecule has 0 saturated carbocycles. The average Bonchev–Trinajstić information content (AvgIpc) is 3.39. The average molecular weight is 468 g/mol. The van der Waals surface area contributed by atoms with E-state index in [0.717, 1.165) is 12.3 Å². The molecule has 0 spiro atoms. The standard InChI is InChI=1S/C19H17F5N8O/c20-11-1-2-12-15(14(11)21)28-13(27-12)9-25-17-30-18(31-3-5-33-6-4-31)29-16-10(7-19(22,23)24)8-26-32(16)17/h1-2,8H,3-7,9H2,(H,27,28)(H,25,29,30). The highest BCUT2D eigenvalue weighted by molar-refractivity contribution is 5.75. The van der Waals surface area contributed by atoms with Crippen LogP contribution in [0.15, 0.2) is 18.3 Å². The van der Waals surface area contributed by atoms with Crippen LogP contribution in [-0.2, 0) is 17.7 Å². The summed E-state index contributed by atoms with van der Waals surface area (Å²) in [4.78, 5) is 17.5. The van der Waals surface area contributed by atoms with Gasteiger partial charge in [-0.3, -0.25) is 0 Å². The SMILES string of the molecule is Fc1ccc2[nH]c(CNc3nc(N4CCOCC4)nc4c(CC(F)(F)F)cnn34)nc2c1F. The fourth-order valence-corrected chi connectivity index (χ4v) is 3.59. The second-order valence-electron chi connectivity index (χ2n) is 7.44. The van der Waals surface area contributed by atoms with Crippen LogP contribution in [0.4, 0.5) is 33.8 Å². The maximum absolute atomic E-state index is 14.0. The number of halogens is 5. The third-order valence-corrected chi connectivity index (χ3v) is 5.12. The van der Waals surface area contributed by atoms with Crippen molar-refractivity contribution in [3.8, 4) is 0 Å². The van der Waals surface area contributed by atoms with Crippen LogP contribution in [0, 0.1) is 11.6 Å². The van der Waals surface area contributed by atoms with E-state index < -0.39 is 24.2 Å². The minimum atomic E-state index is -4.44. The van der Waals surface area contributed by atoms with E-state index in [1.165, 1.54) is 10.6 Å². The number of H-pyrrole nitrogens is 1. The molecule has 1 fully saturated rings. The molecule has 0 unspecified atom stereocenters. The Balaban J connectivity index is 1.50. The van der Waals surface area contributed by atoms with Gasteiger partial charge in [-0.05, 0) is 12.1 Å². The summed E-state index contributed by atoms with van der Waals surface area (Å²) in [6.07, 6.45) is -4.52. The Labute approximate surface area is 182 Å². The van der Waals surface area contributed by atoms with Crippen molar-refractivity contribution in [3.63, 3.8) is 0 Å². The maximum Gasteiger partial charge on any atom is 0.393 e. The molecule has 4 aromatic rings. The number of imidazole rings is 1. The maximum atomic E-state index is 14.0. The van der Waals surface area contributed by atoms with E-state index in [0.29, 0.717) is 31.8 Å². The zero-order chi connectivity index (χ0) is 23.2. The molecule has 5 rings (SSSR count). The van der Waals surface area contributed by atoms with Gasteiger partial charge in [-0.2, -0.15) is 32.8 Å². The molecule has 0 aliphatic carbocycles. The highest BCUT2D eigenvalue weighted by Gasteiger charge is 2.30. The van der Waals surface area contributed by atoms with Crippen molar-refractivity contribution in [2.45, 2.75) is 19.1 Å². The van der Waals surface area contributed by atoms with Gasteiger partial charge in [0.05, 0.1) is 37.9 Å². The lowest BCUT2D eigenvalue weighted by Crippen LogP contribution is -2.37. The number of hydrogen-bond donors (Lipinski definition) is 2. The predicted octanol–water partition coefficient (Wildman–Crippen LogP) is 2.83. The molecule has 174 valence electrons. The fourth-order valence-electron chi connectivity index (χ4n) is 3.59. The molecule has 2 N–H and O–H groups in total. The van der Waals surface area contributed by atoms with Gasteiger partial charge in [0.2, 0.25) is 11.9 Å². The van der Waals surface area contributed by atoms with E-state index >= 15 is 0 Å². The molecular formula is C19H17F5N8O. The Kier molecular flexibility index (Phi) is 5.23. The third kappa shape index (κ3) is 4.25. The van der Waals surface area contributed by atoms with Crippen molar-refractivity contribution in [3.05, 3.63) is 41.4 Å². The molecule has 1 aliphatic rings. The summed E-state index contributed by atoms with van der Waals surface area (Å²) >= 11 is 0. The number of morpholine rings is 1. The van der Waals surface area contributed by atoms with Gasteiger partial charge < -0.3 is 19.9 Å². The largest absolute Gasteiger partial charge is 0.393 e. The Hall–Kier alpha value is -3.55. The molecule has 3 aromatic heterocycles. The number of hydrogen-bond acceptors (Lipinski definition) is 7. The number of aromatic amines is 1. The van der Waals surface area contributed by atoms with Gasteiger partial charge in [0.15, 0.2) is 17.3 Å². The molecule has 0 amide bonds. The molecule has 0 bridgehead atoms. The number of rotatable bonds is 5. The Morgan fingerprint density at radius 2 is 1.88 bits per heavy atom. The topological polar surface area (TPSA) is 96.3 Å². The molecular weight excluding hydrogens is 451 g/mol. The smallest absolute Gasteiger partial charge is 0.378 e. The molecule has 0 atom stereocenters. The minimum Gasteiger partial charge on any atom is -0.378 e. The number of nitrogens with zero attached hydrogens (tertiary/aromatic N) is 6. The number of alkyl halides is 3. The second kappa shape index (κ2) is 8.10. The number of benzene rings is 1. The van der Waals surface area contributed by atoms with Crippen molar-refractivity contribution >= 4 is 28.6 Å². The van der Waals surface area contributed by atoms with Crippen LogP contribution < -0.4 is 10.2 Å². The number of nitrogens with one attached hydrogen (secondary N) is 2. The Bertz CT molecular complexity index is 1310. The first kappa shape index (κ1) is 21.3. The molecule has 4 heterocycles. The summed E-state index contributed by atoms with van der Waals surface area (Å²) in [5, 5.41) is 6.97. The molecule has 33 heavy (non-hydrogen) atoms. The van der Waals surface area contributed by atoms with Gasteiger partial charge >= 0.3 is 6.18 Å². The normalized spacial score (nSPS) is 15.0. The van der Waals surface area contributed by atoms with Crippen LogP contribution in [0.25, 0.3) is 16.7 Å². The van der Waals surface area contributed by atoms with E-state index in [1.807, 2.05) is 0 Å². The number of aromatic nitrogens is 6. The third-order valence-electron chi connectivity index (χ3n) is 5.12. The molecule has 1 aromatic carbocycles. The fraction of sp³-hybridized carbons (Fsp3) is 0.368. The number of ether oxygens (including phenoxy) is 1. The monoisotopic (exact) mass is 468 g/mol. The predicted molar refractivity (Wildman–Crippen MR) is 107 cm³/mol. The quantitative estimate of drug-likeness (QED) is 0.435. The lowest BCUT2D eigenvalue weighted by Gasteiger charge is -2.27. The van der Waals surface area contributed by atoms with Gasteiger partial charge in [-0.1, -0.05) is 0 Å². The van der Waals surface area contributed by atoms with E-state index in [-0.39, 0.29) is 41.0 Å². The van der Waals surface area contributed by atoms with E-state index in [1.54, 1.807) is 4.90 Å². The van der Waals surface area contributed by atoms with Crippen molar-refractivity contribution < 1.29 is 26.7 Å². The summed E-state index contributed by atoms with van der Waals surface area (Å²) in [5.74, 6) is -1.46. The van der Waals surface area contributed by atoms with E-state index in [4.69, 9.17) is 4.74 Å². The second-order valence-corrected chi connectivity index (χ2v) is 7.44. The summed E-state index contributed by atoms with van der Waals surface area (Å²) in [6.45, 7) is 1.83. The first-order chi connectivity index (χ1) is 15.8. The van der Waals surface area contributed by atoms with E-state index in [2.05, 4.69) is 30.4 Å². The lowest BCUT2D eigenvalue weighted by atomic mass is 10.2. The first-order valence-corrected chi connectivity index (χ1v) is 9.99. The highest BCUT2D eigenvalue weighted by Crippen LogP contribution is 2.26. The van der Waals surface area contributed by atoms with Crippen LogP contribution >= 0.6 is 0 Å². The van der Waals surface area contributed by atoms with Crippen LogP contribution in [0.2, 0.25) is 0 Å². The Morgan fingerprint density at radius 3 is 2.64 bits per heavy atom. The molecule has 9 nitrogen and oxygen atoms in total. The van der Waals surface area contributed by atoms with Gasteiger partial charge in [-0.25, -0.2) is 13.8 Å². The van der Waals surface area contributed by atoms with Crippen molar-refractivity contribution in [2.75, 3.05) is 36.5 Å². The summed E-state index contributed by atoms with van der Waals surface area (Å²) in [6, 6.07) is 2.35. The van der Waals surface area contributed by atoms with E-state index in [9.17, 15) is 22.0 Å². The summed E-state index contributed by atoms with van der Waals surface area (Å²) in [5.41, 5.74) is 0.0760. The summed E-state index contributed by atoms with van der Waals surface area (Å²) < 4.78 is 73.0. The Morgan fingerprint density at radius 1 is 1.09 bits per heavy atom. The van der Waals surface area contributed by atoms with Gasteiger partial charge in [0.1, 0.15) is 11.3 Å². The molecule has 1 aliphatic heterocycles.